The number of furan rings is 1. The molecule has 132 valence electrons. The van der Waals surface area contributed by atoms with E-state index in [1.54, 1.807) is 48.5 Å². The predicted molar refractivity (Wildman–Crippen MR) is 95.3 cm³/mol. The minimum Gasteiger partial charge on any atom is -0.455 e. The van der Waals surface area contributed by atoms with Gasteiger partial charge in [-0.1, -0.05) is 12.1 Å². The number of nitro benzene ring substituents is 1. The van der Waals surface area contributed by atoms with Crippen molar-refractivity contribution in [1.29, 1.82) is 0 Å². The molecular weight excluding hydrogens is 350 g/mol. The molecule has 0 N–H and O–H groups in total. The van der Waals surface area contributed by atoms with Crippen LogP contribution < -0.4 is 0 Å². The van der Waals surface area contributed by atoms with E-state index in [-0.39, 0.29) is 5.69 Å². The van der Waals surface area contributed by atoms with E-state index in [1.807, 2.05) is 0 Å². The first-order valence-corrected chi connectivity index (χ1v) is 7.91. The maximum Gasteiger partial charge on any atom is 0.282 e. The molecule has 0 saturated heterocycles. The summed E-state index contributed by atoms with van der Waals surface area (Å²) in [6, 6.07) is 15.7. The van der Waals surface area contributed by atoms with Crippen molar-refractivity contribution in [3.8, 4) is 11.3 Å². The van der Waals surface area contributed by atoms with Crippen LogP contribution in [0.25, 0.3) is 11.3 Å². The normalized spacial score (nSPS) is 13.4. The molecule has 8 heteroatoms. The summed E-state index contributed by atoms with van der Waals surface area (Å²) in [5, 5.41) is 15.4. The molecule has 8 nitrogen and oxygen atoms in total. The smallest absolute Gasteiger partial charge is 0.282 e. The Kier molecular flexibility index (Phi) is 3.85. The maximum absolute atomic E-state index is 12.2. The first-order chi connectivity index (χ1) is 13.0. The van der Waals surface area contributed by atoms with Crippen LogP contribution in [0.1, 0.15) is 26.5 Å². The number of fused-ring (bicyclic) bond motifs is 1. The Balaban J connectivity index is 1.54. The summed E-state index contributed by atoms with van der Waals surface area (Å²) in [5.74, 6) is -0.170. The summed E-state index contributed by atoms with van der Waals surface area (Å²) < 4.78 is 5.61. The van der Waals surface area contributed by atoms with Crippen molar-refractivity contribution in [2.75, 3.05) is 0 Å². The minimum atomic E-state index is -0.492. The molecular formula is C19H11N3O5. The molecule has 0 spiro atoms. The number of amides is 2. The summed E-state index contributed by atoms with van der Waals surface area (Å²) in [6.07, 6.45) is 1.27. The molecule has 0 unspecified atom stereocenters. The van der Waals surface area contributed by atoms with E-state index in [9.17, 15) is 19.7 Å². The topological polar surface area (TPSA) is 106 Å². The molecule has 1 aliphatic rings. The van der Waals surface area contributed by atoms with Crippen LogP contribution in [0.4, 0.5) is 5.69 Å². The van der Waals surface area contributed by atoms with Crippen molar-refractivity contribution in [2.45, 2.75) is 0 Å². The Labute approximate surface area is 152 Å². The Morgan fingerprint density at radius 1 is 0.926 bits per heavy atom. The number of carbonyl (C=O) groups excluding carboxylic acids is 2. The zero-order valence-electron chi connectivity index (χ0n) is 13.7. The fourth-order valence-corrected chi connectivity index (χ4v) is 2.72. The van der Waals surface area contributed by atoms with E-state index in [4.69, 9.17) is 4.42 Å². The van der Waals surface area contributed by atoms with Gasteiger partial charge in [-0.2, -0.15) is 10.1 Å². The molecule has 1 aromatic heterocycles. The molecule has 0 fully saturated rings. The fraction of sp³-hybridized carbons (Fsp3) is 0. The molecule has 0 bridgehead atoms. The highest BCUT2D eigenvalue weighted by atomic mass is 16.6. The van der Waals surface area contributed by atoms with E-state index in [2.05, 4.69) is 5.10 Å². The standard InChI is InChI=1S/C19H11N3O5/c23-18-15-3-1-2-4-16(15)19(24)21(18)20-11-14-9-10-17(27-14)12-5-7-13(8-6-12)22(25)26/h1-11H/b20-11-. The highest BCUT2D eigenvalue weighted by molar-refractivity contribution is 6.21. The third kappa shape index (κ3) is 2.89. The van der Waals surface area contributed by atoms with E-state index in [1.165, 1.54) is 18.3 Å². The molecule has 2 heterocycles. The van der Waals surface area contributed by atoms with Crippen molar-refractivity contribution in [1.82, 2.24) is 5.01 Å². The third-order valence-corrected chi connectivity index (χ3v) is 4.06. The maximum atomic E-state index is 12.2. The highest BCUT2D eigenvalue weighted by Gasteiger charge is 2.35. The molecule has 2 aromatic carbocycles. The fourth-order valence-electron chi connectivity index (χ4n) is 2.72. The van der Waals surface area contributed by atoms with Gasteiger partial charge >= 0.3 is 0 Å². The number of rotatable bonds is 4. The lowest BCUT2D eigenvalue weighted by atomic mass is 10.1. The second kappa shape index (κ2) is 6.34. The number of carbonyl (C=O) groups is 2. The minimum absolute atomic E-state index is 0.0160. The van der Waals surface area contributed by atoms with E-state index >= 15 is 0 Å². The van der Waals surface area contributed by atoms with Crippen LogP contribution >= 0.6 is 0 Å². The molecule has 0 aliphatic carbocycles. The number of hydrazone groups is 1. The molecule has 0 saturated carbocycles. The number of nitrogens with zero attached hydrogens (tertiary/aromatic N) is 3. The number of benzene rings is 2. The third-order valence-electron chi connectivity index (χ3n) is 4.06. The summed E-state index contributed by atoms with van der Waals surface area (Å²) in [7, 11) is 0. The van der Waals surface area contributed by atoms with Crippen LogP contribution in [-0.4, -0.2) is 28.0 Å². The second-order valence-electron chi connectivity index (χ2n) is 5.72. The van der Waals surface area contributed by atoms with Crippen LogP contribution in [0.2, 0.25) is 0 Å². The predicted octanol–water partition coefficient (Wildman–Crippen LogP) is 3.48. The Bertz CT molecular complexity index is 1060. The summed E-state index contributed by atoms with van der Waals surface area (Å²) in [4.78, 5) is 34.7. The Morgan fingerprint density at radius 3 is 2.15 bits per heavy atom. The van der Waals surface area contributed by atoms with Crippen LogP contribution in [-0.2, 0) is 0 Å². The van der Waals surface area contributed by atoms with E-state index in [0.717, 1.165) is 5.01 Å². The van der Waals surface area contributed by atoms with Crippen molar-refractivity contribution < 1.29 is 18.9 Å². The molecule has 3 aromatic rings. The van der Waals surface area contributed by atoms with Crippen molar-refractivity contribution in [2.24, 2.45) is 5.10 Å². The van der Waals surface area contributed by atoms with Gasteiger partial charge in [0, 0.05) is 17.7 Å². The van der Waals surface area contributed by atoms with Crippen molar-refractivity contribution in [3.63, 3.8) is 0 Å². The number of non-ortho nitro benzene ring substituents is 1. The Morgan fingerprint density at radius 2 is 1.56 bits per heavy atom. The van der Waals surface area contributed by atoms with Crippen LogP contribution in [0.3, 0.4) is 0 Å². The van der Waals surface area contributed by atoms with Gasteiger partial charge in [-0.3, -0.25) is 19.7 Å². The molecule has 0 atom stereocenters. The zero-order chi connectivity index (χ0) is 19.0. The lowest BCUT2D eigenvalue weighted by Gasteiger charge is -2.04. The largest absolute Gasteiger partial charge is 0.455 e. The van der Waals surface area contributed by atoms with E-state index in [0.29, 0.717) is 28.2 Å². The Hall–Kier alpha value is -4.07. The average Bonchev–Trinajstić information content (AvgIpc) is 3.25. The van der Waals surface area contributed by atoms with Crippen LogP contribution in [0.5, 0.6) is 0 Å². The first kappa shape index (κ1) is 16.4. The molecule has 4 rings (SSSR count). The van der Waals surface area contributed by atoms with Gasteiger partial charge in [-0.05, 0) is 36.4 Å². The van der Waals surface area contributed by atoms with Crippen molar-refractivity contribution >= 4 is 23.7 Å². The van der Waals surface area contributed by atoms with Gasteiger partial charge in [0.2, 0.25) is 0 Å². The van der Waals surface area contributed by atoms with Gasteiger partial charge in [-0.25, -0.2) is 0 Å². The van der Waals surface area contributed by atoms with Crippen LogP contribution in [0.15, 0.2) is 70.2 Å². The zero-order valence-corrected chi connectivity index (χ0v) is 13.7. The molecule has 2 amide bonds. The highest BCUT2D eigenvalue weighted by Crippen LogP contribution is 2.25. The van der Waals surface area contributed by atoms with Crippen molar-refractivity contribution in [3.05, 3.63) is 87.7 Å². The average molecular weight is 361 g/mol. The van der Waals surface area contributed by atoms with Gasteiger partial charge in [0.25, 0.3) is 17.5 Å². The van der Waals surface area contributed by atoms with Gasteiger partial charge in [0.15, 0.2) is 0 Å². The summed E-state index contributed by atoms with van der Waals surface area (Å²) in [5.41, 5.74) is 1.26. The molecule has 0 radical (unpaired) electrons. The van der Waals surface area contributed by atoms with E-state index < -0.39 is 16.7 Å². The lowest BCUT2D eigenvalue weighted by molar-refractivity contribution is -0.384. The monoisotopic (exact) mass is 361 g/mol. The molecule has 1 aliphatic heterocycles. The van der Waals surface area contributed by atoms with Gasteiger partial charge < -0.3 is 4.42 Å². The van der Waals surface area contributed by atoms with Crippen LogP contribution in [0, 0.1) is 10.1 Å². The number of hydrogen-bond donors (Lipinski definition) is 0. The second-order valence-corrected chi connectivity index (χ2v) is 5.72. The van der Waals surface area contributed by atoms with Gasteiger partial charge in [0.05, 0.1) is 22.3 Å². The SMILES string of the molecule is O=C1c2ccccc2C(=O)N1/N=C\c1ccc(-c2ccc([N+](=O)[O-])cc2)o1. The first-order valence-electron chi connectivity index (χ1n) is 7.91. The quantitative estimate of drug-likeness (QED) is 0.306. The van der Waals surface area contributed by atoms with Gasteiger partial charge in [0.1, 0.15) is 11.5 Å². The van der Waals surface area contributed by atoms with Gasteiger partial charge in [-0.15, -0.1) is 0 Å². The summed E-state index contributed by atoms with van der Waals surface area (Å²) >= 11 is 0. The lowest BCUT2D eigenvalue weighted by Crippen LogP contribution is -2.23. The number of imide groups is 1. The molecule has 27 heavy (non-hydrogen) atoms. The summed E-state index contributed by atoms with van der Waals surface area (Å²) in [6.45, 7) is 0. The number of nitro groups is 1. The number of hydrogen-bond acceptors (Lipinski definition) is 6.